The molecule has 4 rings (SSSR count). The number of ether oxygens (including phenoxy) is 1. The van der Waals surface area contributed by atoms with Gasteiger partial charge in [0, 0.05) is 5.56 Å². The lowest BCUT2D eigenvalue weighted by atomic mass is 10.1. The van der Waals surface area contributed by atoms with Crippen molar-refractivity contribution in [2.24, 2.45) is 0 Å². The number of carbonyl (C=O) groups is 1. The molecule has 0 saturated heterocycles. The molecule has 6 heteroatoms. The van der Waals surface area contributed by atoms with Crippen molar-refractivity contribution in [2.75, 3.05) is 11.9 Å². The van der Waals surface area contributed by atoms with E-state index >= 15 is 0 Å². The summed E-state index contributed by atoms with van der Waals surface area (Å²) in [5, 5.41) is 6.93. The van der Waals surface area contributed by atoms with Gasteiger partial charge in [-0.3, -0.25) is 4.79 Å². The Bertz CT molecular complexity index is 1170. The lowest BCUT2D eigenvalue weighted by Crippen LogP contribution is -2.20. The smallest absolute Gasteiger partial charge is 0.262 e. The summed E-state index contributed by atoms with van der Waals surface area (Å²) in [7, 11) is 0. The number of rotatable bonds is 6. The number of hydrogen-bond acceptors (Lipinski definition) is 5. The summed E-state index contributed by atoms with van der Waals surface area (Å²) in [6.07, 6.45) is 0. The summed E-state index contributed by atoms with van der Waals surface area (Å²) >= 11 is 0. The number of para-hydroxylation sites is 1. The van der Waals surface area contributed by atoms with E-state index in [4.69, 9.17) is 9.26 Å². The van der Waals surface area contributed by atoms with Gasteiger partial charge in [-0.25, -0.2) is 0 Å². The van der Waals surface area contributed by atoms with Crippen LogP contribution >= 0.6 is 0 Å². The minimum atomic E-state index is -0.276. The number of nitrogens with one attached hydrogen (secondary N) is 1. The van der Waals surface area contributed by atoms with E-state index in [0.29, 0.717) is 28.7 Å². The third-order valence-electron chi connectivity index (χ3n) is 4.53. The first-order valence-corrected chi connectivity index (χ1v) is 9.58. The molecular formula is C24H21N3O3. The highest BCUT2D eigenvalue weighted by atomic mass is 16.5. The van der Waals surface area contributed by atoms with Crippen LogP contribution in [0, 0.1) is 13.8 Å². The van der Waals surface area contributed by atoms with Crippen molar-refractivity contribution < 1.29 is 14.1 Å². The van der Waals surface area contributed by atoms with E-state index in [0.717, 1.165) is 16.7 Å². The van der Waals surface area contributed by atoms with E-state index in [1.807, 2.05) is 80.6 Å². The number of carbonyl (C=O) groups excluding carboxylic acids is 1. The van der Waals surface area contributed by atoms with Gasteiger partial charge < -0.3 is 14.6 Å². The van der Waals surface area contributed by atoms with Crippen molar-refractivity contribution in [3.63, 3.8) is 0 Å². The monoisotopic (exact) mass is 399 g/mol. The molecule has 6 nitrogen and oxygen atoms in total. The fourth-order valence-corrected chi connectivity index (χ4v) is 2.97. The van der Waals surface area contributed by atoms with Crippen LogP contribution in [0.3, 0.4) is 0 Å². The topological polar surface area (TPSA) is 77.2 Å². The summed E-state index contributed by atoms with van der Waals surface area (Å²) in [6, 6.07) is 22.7. The highest BCUT2D eigenvalue weighted by Gasteiger charge is 2.15. The van der Waals surface area contributed by atoms with Crippen LogP contribution in [0.15, 0.2) is 77.3 Å². The Morgan fingerprint density at radius 3 is 2.57 bits per heavy atom. The zero-order valence-corrected chi connectivity index (χ0v) is 16.8. The second-order valence-corrected chi connectivity index (χ2v) is 6.99. The fourth-order valence-electron chi connectivity index (χ4n) is 2.97. The second-order valence-electron chi connectivity index (χ2n) is 6.99. The zero-order chi connectivity index (χ0) is 20.9. The fraction of sp³-hybridized carbons (Fsp3) is 0.125. The van der Waals surface area contributed by atoms with Crippen molar-refractivity contribution in [2.45, 2.75) is 13.8 Å². The van der Waals surface area contributed by atoms with Crippen molar-refractivity contribution in [1.82, 2.24) is 10.1 Å². The molecule has 0 unspecified atom stereocenters. The number of nitrogens with zero attached hydrogens (tertiary/aromatic N) is 2. The van der Waals surface area contributed by atoms with Crippen LogP contribution in [0.25, 0.3) is 22.8 Å². The Hall–Kier alpha value is -3.93. The number of aromatic nitrogens is 2. The van der Waals surface area contributed by atoms with Crippen LogP contribution in [-0.4, -0.2) is 22.7 Å². The molecule has 0 radical (unpaired) electrons. The summed E-state index contributed by atoms with van der Waals surface area (Å²) in [5.41, 5.74) is 4.31. The normalized spacial score (nSPS) is 10.6. The molecule has 0 atom stereocenters. The number of hydrogen-bond donors (Lipinski definition) is 1. The van der Waals surface area contributed by atoms with Gasteiger partial charge in [-0.1, -0.05) is 59.3 Å². The number of amides is 1. The van der Waals surface area contributed by atoms with Crippen molar-refractivity contribution in [1.29, 1.82) is 0 Å². The van der Waals surface area contributed by atoms with Crippen LogP contribution < -0.4 is 10.1 Å². The first kappa shape index (κ1) is 19.4. The van der Waals surface area contributed by atoms with E-state index < -0.39 is 0 Å². The largest absolute Gasteiger partial charge is 0.484 e. The SMILES string of the molecule is Cc1ccc(-c2noc(-c3ccccc3NC(=O)COc3cccc(C)c3)n2)cc1. The summed E-state index contributed by atoms with van der Waals surface area (Å²) in [6.45, 7) is 3.89. The van der Waals surface area contributed by atoms with Gasteiger partial charge in [0.15, 0.2) is 6.61 Å². The van der Waals surface area contributed by atoms with E-state index in [2.05, 4.69) is 15.5 Å². The lowest BCUT2D eigenvalue weighted by Gasteiger charge is -2.10. The average Bonchev–Trinajstić information content (AvgIpc) is 3.23. The highest BCUT2D eigenvalue weighted by molar-refractivity contribution is 5.95. The number of anilines is 1. The van der Waals surface area contributed by atoms with Gasteiger partial charge in [0.05, 0.1) is 11.3 Å². The van der Waals surface area contributed by atoms with E-state index in [1.54, 1.807) is 6.07 Å². The maximum atomic E-state index is 12.4. The van der Waals surface area contributed by atoms with E-state index in [1.165, 1.54) is 0 Å². The standard InChI is InChI=1S/C24H21N3O3/c1-16-10-12-18(13-11-16)23-26-24(30-27-23)20-8-3-4-9-21(20)25-22(28)15-29-19-7-5-6-17(2)14-19/h3-14H,15H2,1-2H3,(H,25,28). The molecule has 1 heterocycles. The quantitative estimate of drug-likeness (QED) is 0.492. The van der Waals surface area contributed by atoms with Crippen LogP contribution in [0.2, 0.25) is 0 Å². The lowest BCUT2D eigenvalue weighted by molar-refractivity contribution is -0.118. The van der Waals surface area contributed by atoms with Crippen LogP contribution in [0.5, 0.6) is 5.75 Å². The molecule has 0 spiro atoms. The van der Waals surface area contributed by atoms with Crippen molar-refractivity contribution in [3.8, 4) is 28.6 Å². The van der Waals surface area contributed by atoms with Crippen LogP contribution in [0.1, 0.15) is 11.1 Å². The minimum Gasteiger partial charge on any atom is -0.484 e. The molecule has 1 amide bonds. The van der Waals surface area contributed by atoms with E-state index in [9.17, 15) is 4.79 Å². The number of aryl methyl sites for hydroxylation is 2. The molecular weight excluding hydrogens is 378 g/mol. The zero-order valence-electron chi connectivity index (χ0n) is 16.8. The molecule has 0 bridgehead atoms. The molecule has 3 aromatic carbocycles. The van der Waals surface area contributed by atoms with Crippen LogP contribution in [0.4, 0.5) is 5.69 Å². The summed E-state index contributed by atoms with van der Waals surface area (Å²) < 4.78 is 11.0. The van der Waals surface area contributed by atoms with Crippen LogP contribution in [-0.2, 0) is 4.79 Å². The van der Waals surface area contributed by atoms with Gasteiger partial charge in [0.2, 0.25) is 5.82 Å². The van der Waals surface area contributed by atoms with E-state index in [-0.39, 0.29) is 12.5 Å². The van der Waals surface area contributed by atoms with Gasteiger partial charge in [-0.15, -0.1) is 0 Å². The molecule has 0 fully saturated rings. The summed E-state index contributed by atoms with van der Waals surface area (Å²) in [4.78, 5) is 16.9. The number of benzene rings is 3. The van der Waals surface area contributed by atoms with Gasteiger partial charge in [0.25, 0.3) is 11.8 Å². The molecule has 0 saturated carbocycles. The van der Waals surface area contributed by atoms with Gasteiger partial charge in [-0.2, -0.15) is 4.98 Å². The third kappa shape index (κ3) is 4.55. The second kappa shape index (κ2) is 8.61. The van der Waals surface area contributed by atoms with Crippen molar-refractivity contribution >= 4 is 11.6 Å². The highest BCUT2D eigenvalue weighted by Crippen LogP contribution is 2.28. The summed E-state index contributed by atoms with van der Waals surface area (Å²) in [5.74, 6) is 1.20. The molecule has 1 aromatic heterocycles. The maximum absolute atomic E-state index is 12.4. The average molecular weight is 399 g/mol. The van der Waals surface area contributed by atoms with Gasteiger partial charge in [-0.05, 0) is 43.7 Å². The first-order chi connectivity index (χ1) is 14.6. The molecule has 4 aromatic rings. The first-order valence-electron chi connectivity index (χ1n) is 9.58. The molecule has 0 aliphatic rings. The molecule has 30 heavy (non-hydrogen) atoms. The Labute approximate surface area is 174 Å². The Kier molecular flexibility index (Phi) is 5.57. The Morgan fingerprint density at radius 1 is 0.967 bits per heavy atom. The predicted molar refractivity (Wildman–Crippen MR) is 115 cm³/mol. The Morgan fingerprint density at radius 2 is 1.77 bits per heavy atom. The van der Waals surface area contributed by atoms with Gasteiger partial charge in [0.1, 0.15) is 5.75 Å². The predicted octanol–water partition coefficient (Wildman–Crippen LogP) is 5.04. The van der Waals surface area contributed by atoms with Gasteiger partial charge >= 0.3 is 0 Å². The molecule has 1 N–H and O–H groups in total. The third-order valence-corrected chi connectivity index (χ3v) is 4.53. The minimum absolute atomic E-state index is 0.101. The molecule has 0 aliphatic carbocycles. The molecule has 0 aliphatic heterocycles. The molecule has 150 valence electrons. The maximum Gasteiger partial charge on any atom is 0.262 e. The Balaban J connectivity index is 1.49. The van der Waals surface area contributed by atoms with Crippen molar-refractivity contribution in [3.05, 3.63) is 83.9 Å².